The minimum Gasteiger partial charge on any atom is -0.378 e. The summed E-state index contributed by atoms with van der Waals surface area (Å²) in [6, 6.07) is 14.8. The van der Waals surface area contributed by atoms with E-state index in [0.29, 0.717) is 6.54 Å². The van der Waals surface area contributed by atoms with Gasteiger partial charge in [-0.05, 0) is 62.4 Å². The summed E-state index contributed by atoms with van der Waals surface area (Å²) in [7, 11) is 4.10. The molecule has 2 aromatic rings. The highest BCUT2D eigenvalue weighted by Gasteiger charge is 2.19. The van der Waals surface area contributed by atoms with Crippen molar-refractivity contribution in [3.63, 3.8) is 0 Å². The van der Waals surface area contributed by atoms with Gasteiger partial charge in [0.15, 0.2) is 0 Å². The van der Waals surface area contributed by atoms with E-state index in [2.05, 4.69) is 51.5 Å². The molecule has 4 nitrogen and oxygen atoms in total. The predicted molar refractivity (Wildman–Crippen MR) is 114 cm³/mol. The second-order valence-electron chi connectivity index (χ2n) is 7.64. The van der Waals surface area contributed by atoms with E-state index in [1.54, 1.807) is 0 Å². The number of nitrogens with one attached hydrogen (secondary N) is 1. The van der Waals surface area contributed by atoms with Gasteiger partial charge in [0.05, 0.1) is 5.56 Å². The third-order valence-electron chi connectivity index (χ3n) is 5.22. The number of amides is 1. The van der Waals surface area contributed by atoms with E-state index < -0.39 is 0 Å². The molecule has 1 aliphatic heterocycles. The van der Waals surface area contributed by atoms with Gasteiger partial charge in [0.2, 0.25) is 0 Å². The Morgan fingerprint density at radius 2 is 1.78 bits per heavy atom. The van der Waals surface area contributed by atoms with Crippen molar-refractivity contribution in [1.29, 1.82) is 0 Å². The maximum absolute atomic E-state index is 12.8. The molecule has 0 radical (unpaired) electrons. The van der Waals surface area contributed by atoms with Gasteiger partial charge in [-0.15, -0.1) is 0 Å². The zero-order valence-electron chi connectivity index (χ0n) is 16.8. The fourth-order valence-corrected chi connectivity index (χ4v) is 3.62. The summed E-state index contributed by atoms with van der Waals surface area (Å²) in [6.45, 7) is 4.84. The molecule has 0 aromatic heterocycles. The molecular weight excluding hydrogens is 334 g/mol. The number of aryl methyl sites for hydroxylation is 2. The average molecular weight is 366 g/mol. The third-order valence-corrected chi connectivity index (χ3v) is 5.22. The first kappa shape index (κ1) is 19.3. The maximum atomic E-state index is 12.8. The van der Waals surface area contributed by atoms with Crippen molar-refractivity contribution in [2.24, 2.45) is 0 Å². The lowest BCUT2D eigenvalue weighted by atomic mass is 10.1. The van der Waals surface area contributed by atoms with Crippen LogP contribution in [0.5, 0.6) is 0 Å². The molecule has 0 aliphatic carbocycles. The van der Waals surface area contributed by atoms with Gasteiger partial charge in [-0.2, -0.15) is 0 Å². The highest BCUT2D eigenvalue weighted by Crippen LogP contribution is 2.25. The molecule has 0 saturated carbocycles. The van der Waals surface area contributed by atoms with Crippen molar-refractivity contribution < 1.29 is 4.79 Å². The lowest BCUT2D eigenvalue weighted by Gasteiger charge is -2.21. The van der Waals surface area contributed by atoms with Gasteiger partial charge in [0, 0.05) is 45.1 Å². The van der Waals surface area contributed by atoms with Gasteiger partial charge in [0.25, 0.3) is 5.91 Å². The quantitative estimate of drug-likeness (QED) is 0.753. The van der Waals surface area contributed by atoms with Crippen LogP contribution >= 0.6 is 0 Å². The minimum atomic E-state index is 0.0450. The van der Waals surface area contributed by atoms with Crippen LogP contribution in [0.15, 0.2) is 42.5 Å². The number of nitrogens with zero attached hydrogens (tertiary/aromatic N) is 2. The highest BCUT2D eigenvalue weighted by molar-refractivity contribution is 6.00. The molecule has 1 fully saturated rings. The largest absolute Gasteiger partial charge is 0.378 e. The molecule has 4 heteroatoms. The number of anilines is 2. The summed E-state index contributed by atoms with van der Waals surface area (Å²) in [5.41, 5.74) is 5.54. The summed E-state index contributed by atoms with van der Waals surface area (Å²) in [5.74, 6) is 0.0450. The van der Waals surface area contributed by atoms with Crippen LogP contribution in [0, 0.1) is 6.92 Å². The van der Waals surface area contributed by atoms with E-state index in [9.17, 15) is 4.79 Å². The van der Waals surface area contributed by atoms with Gasteiger partial charge in [-0.1, -0.05) is 23.8 Å². The van der Waals surface area contributed by atoms with E-state index in [-0.39, 0.29) is 5.91 Å². The number of hydrogen-bond acceptors (Lipinski definition) is 3. The molecule has 0 spiro atoms. The maximum Gasteiger partial charge on any atom is 0.253 e. The van der Waals surface area contributed by atoms with Gasteiger partial charge >= 0.3 is 0 Å². The topological polar surface area (TPSA) is 35.6 Å². The van der Waals surface area contributed by atoms with Crippen molar-refractivity contribution >= 4 is 17.3 Å². The Morgan fingerprint density at radius 3 is 2.44 bits per heavy atom. The van der Waals surface area contributed by atoms with E-state index in [4.69, 9.17) is 0 Å². The summed E-state index contributed by atoms with van der Waals surface area (Å²) in [4.78, 5) is 17.2. The van der Waals surface area contributed by atoms with E-state index >= 15 is 0 Å². The van der Waals surface area contributed by atoms with Crippen LogP contribution in [0.4, 0.5) is 11.4 Å². The zero-order valence-corrected chi connectivity index (χ0v) is 16.8. The molecule has 0 unspecified atom stereocenters. The van der Waals surface area contributed by atoms with Crippen molar-refractivity contribution in [3.8, 4) is 0 Å². The summed E-state index contributed by atoms with van der Waals surface area (Å²) in [6.07, 6.45) is 4.34. The minimum absolute atomic E-state index is 0.0450. The van der Waals surface area contributed by atoms with Crippen LogP contribution < -0.4 is 15.1 Å². The first-order chi connectivity index (χ1) is 13.0. The van der Waals surface area contributed by atoms with Gasteiger partial charge in [-0.25, -0.2) is 0 Å². The van der Waals surface area contributed by atoms with Crippen LogP contribution in [0.3, 0.4) is 0 Å². The second-order valence-corrected chi connectivity index (χ2v) is 7.64. The van der Waals surface area contributed by atoms with Crippen LogP contribution in [-0.2, 0) is 6.42 Å². The molecule has 0 bridgehead atoms. The number of carbonyl (C=O) groups excluding carboxylic acids is 1. The zero-order chi connectivity index (χ0) is 19.2. The standard InChI is InChI=1S/C23H31N3O/c1-18-8-13-22(26-15-4-5-16-26)21(17-18)23(27)24-14-6-7-19-9-11-20(12-10-19)25(2)3/h8-13,17H,4-7,14-16H2,1-3H3,(H,24,27). The lowest BCUT2D eigenvalue weighted by molar-refractivity contribution is 0.0953. The average Bonchev–Trinajstić information content (AvgIpc) is 3.20. The number of carbonyl (C=O) groups is 1. The Morgan fingerprint density at radius 1 is 1.07 bits per heavy atom. The molecule has 1 saturated heterocycles. The molecule has 3 rings (SSSR count). The Hall–Kier alpha value is -2.49. The molecule has 144 valence electrons. The Labute approximate surface area is 163 Å². The summed E-state index contributed by atoms with van der Waals surface area (Å²) in [5, 5.41) is 3.12. The molecule has 2 aromatic carbocycles. The van der Waals surface area contributed by atoms with Crippen LogP contribution in [0.2, 0.25) is 0 Å². The number of benzene rings is 2. The Kier molecular flexibility index (Phi) is 6.38. The smallest absolute Gasteiger partial charge is 0.253 e. The van der Waals surface area contributed by atoms with Crippen molar-refractivity contribution in [3.05, 3.63) is 59.2 Å². The summed E-state index contributed by atoms with van der Waals surface area (Å²) >= 11 is 0. The Bertz CT molecular complexity index is 762. The highest BCUT2D eigenvalue weighted by atomic mass is 16.1. The van der Waals surface area contributed by atoms with Gasteiger partial charge in [0.1, 0.15) is 0 Å². The van der Waals surface area contributed by atoms with Crippen LogP contribution in [0.25, 0.3) is 0 Å². The SMILES string of the molecule is Cc1ccc(N2CCCC2)c(C(=O)NCCCc2ccc(N(C)C)cc2)c1. The Balaban J connectivity index is 1.54. The van der Waals surface area contributed by atoms with Crippen molar-refractivity contribution in [1.82, 2.24) is 5.32 Å². The fourth-order valence-electron chi connectivity index (χ4n) is 3.62. The van der Waals surface area contributed by atoms with E-state index in [0.717, 1.165) is 42.7 Å². The van der Waals surface area contributed by atoms with Crippen LogP contribution in [0.1, 0.15) is 40.7 Å². The lowest BCUT2D eigenvalue weighted by Crippen LogP contribution is -2.28. The monoisotopic (exact) mass is 365 g/mol. The second kappa shape index (κ2) is 8.94. The van der Waals surface area contributed by atoms with E-state index in [1.807, 2.05) is 27.1 Å². The fraction of sp³-hybridized carbons (Fsp3) is 0.435. The molecule has 1 N–H and O–H groups in total. The number of hydrogen-bond donors (Lipinski definition) is 1. The van der Waals surface area contributed by atoms with Crippen LogP contribution in [-0.4, -0.2) is 39.6 Å². The summed E-state index contributed by atoms with van der Waals surface area (Å²) < 4.78 is 0. The first-order valence-corrected chi connectivity index (χ1v) is 9.94. The molecule has 1 heterocycles. The molecule has 0 atom stereocenters. The van der Waals surface area contributed by atoms with Gasteiger partial charge < -0.3 is 15.1 Å². The van der Waals surface area contributed by atoms with Crippen molar-refractivity contribution in [2.75, 3.05) is 43.5 Å². The van der Waals surface area contributed by atoms with Crippen molar-refractivity contribution in [2.45, 2.75) is 32.6 Å². The first-order valence-electron chi connectivity index (χ1n) is 9.94. The molecule has 1 amide bonds. The molecule has 27 heavy (non-hydrogen) atoms. The van der Waals surface area contributed by atoms with Gasteiger partial charge in [-0.3, -0.25) is 4.79 Å². The predicted octanol–water partition coefficient (Wildman–Crippen LogP) is 4.02. The molecular formula is C23H31N3O. The molecule has 1 aliphatic rings. The number of rotatable bonds is 7. The normalized spacial score (nSPS) is 13.7. The third kappa shape index (κ3) is 5.03. The van der Waals surface area contributed by atoms with E-state index in [1.165, 1.54) is 24.1 Å².